The molecule has 0 spiro atoms. The van der Waals surface area contributed by atoms with Gasteiger partial charge in [-0.25, -0.2) is 4.98 Å². The minimum atomic E-state index is -1.51. The van der Waals surface area contributed by atoms with Gasteiger partial charge in [-0.15, -0.1) is 11.3 Å². The first-order valence-electron chi connectivity index (χ1n) is 6.08. The van der Waals surface area contributed by atoms with E-state index in [1.807, 2.05) is 31.2 Å². The van der Waals surface area contributed by atoms with Crippen LogP contribution in [-0.4, -0.2) is 22.2 Å². The van der Waals surface area contributed by atoms with Gasteiger partial charge in [-0.1, -0.05) is 35.4 Å². The highest BCUT2D eigenvalue weighted by molar-refractivity contribution is 7.21. The maximum atomic E-state index is 9.52. The lowest BCUT2D eigenvalue weighted by atomic mass is 9.76. The molecule has 3 aromatic rings. The molecule has 1 heterocycles. The van der Waals surface area contributed by atoms with Gasteiger partial charge in [0.15, 0.2) is 0 Å². The van der Waals surface area contributed by atoms with E-state index in [2.05, 4.69) is 4.98 Å². The molecule has 100 valence electrons. The molecule has 2 N–H and O–H groups in total. The summed E-state index contributed by atoms with van der Waals surface area (Å²) in [4.78, 5) is 4.53. The fourth-order valence-electron chi connectivity index (χ4n) is 2.10. The molecule has 0 saturated heterocycles. The summed E-state index contributed by atoms with van der Waals surface area (Å²) < 4.78 is 0.978. The first kappa shape index (κ1) is 13.6. The predicted octanol–water partition coefficient (Wildman–Crippen LogP) is 2.60. The van der Waals surface area contributed by atoms with Crippen LogP contribution in [0, 0.1) is 6.92 Å². The fraction of sp³-hybridized carbons (Fsp3) is 0.0714. The van der Waals surface area contributed by atoms with Gasteiger partial charge in [0.1, 0.15) is 5.01 Å². The highest BCUT2D eigenvalue weighted by Gasteiger charge is 2.19. The van der Waals surface area contributed by atoms with Gasteiger partial charge in [-0.3, -0.25) is 0 Å². The summed E-state index contributed by atoms with van der Waals surface area (Å²) in [6.07, 6.45) is 0. The minimum absolute atomic E-state index is 0.468. The molecule has 3 rings (SSSR count). The highest BCUT2D eigenvalue weighted by atomic mass is 35.5. The Morgan fingerprint density at radius 1 is 1.15 bits per heavy atom. The van der Waals surface area contributed by atoms with Gasteiger partial charge < -0.3 is 10.0 Å². The smallest absolute Gasteiger partial charge is 0.423 e. The normalized spacial score (nSPS) is 11.0. The molecule has 2 aromatic carbocycles. The standard InChI is InChI=1S/C14H11BClNO2S/c1-8-2-4-10(11(6-8)15(18)19)14-17-12-5-3-9(16)7-13(12)20-14/h2-7,18-19H,1H3. The predicted molar refractivity (Wildman–Crippen MR) is 84.6 cm³/mol. The van der Waals surface area contributed by atoms with Gasteiger partial charge in [-0.2, -0.15) is 0 Å². The maximum absolute atomic E-state index is 9.52. The zero-order valence-corrected chi connectivity index (χ0v) is 12.2. The minimum Gasteiger partial charge on any atom is -0.423 e. The van der Waals surface area contributed by atoms with Gasteiger partial charge in [-0.05, 0) is 30.6 Å². The van der Waals surface area contributed by atoms with Crippen molar-refractivity contribution in [1.82, 2.24) is 4.98 Å². The molecule has 0 radical (unpaired) electrons. The summed E-state index contributed by atoms with van der Waals surface area (Å²) in [6.45, 7) is 1.91. The average molecular weight is 304 g/mol. The molecule has 1 aromatic heterocycles. The number of hydrogen-bond donors (Lipinski definition) is 2. The average Bonchev–Trinajstić information content (AvgIpc) is 2.81. The monoisotopic (exact) mass is 303 g/mol. The van der Waals surface area contributed by atoms with Crippen molar-refractivity contribution in [3.8, 4) is 10.6 Å². The number of rotatable bonds is 2. The summed E-state index contributed by atoms with van der Waals surface area (Å²) >= 11 is 7.46. The van der Waals surface area contributed by atoms with Crippen LogP contribution >= 0.6 is 22.9 Å². The molecule has 20 heavy (non-hydrogen) atoms. The largest absolute Gasteiger partial charge is 0.489 e. The number of aryl methyl sites for hydroxylation is 1. The maximum Gasteiger partial charge on any atom is 0.489 e. The van der Waals surface area contributed by atoms with Gasteiger partial charge in [0.05, 0.1) is 10.2 Å². The van der Waals surface area contributed by atoms with E-state index in [0.29, 0.717) is 10.5 Å². The topological polar surface area (TPSA) is 53.4 Å². The van der Waals surface area contributed by atoms with Crippen LogP contribution in [0.15, 0.2) is 36.4 Å². The Morgan fingerprint density at radius 3 is 2.70 bits per heavy atom. The number of thiazole rings is 1. The van der Waals surface area contributed by atoms with E-state index in [4.69, 9.17) is 11.6 Å². The lowest BCUT2D eigenvalue weighted by Crippen LogP contribution is -2.31. The van der Waals surface area contributed by atoms with Crippen LogP contribution in [0.4, 0.5) is 0 Å². The van der Waals surface area contributed by atoms with E-state index < -0.39 is 7.12 Å². The number of aromatic nitrogens is 1. The summed E-state index contributed by atoms with van der Waals surface area (Å²) in [7, 11) is -1.51. The van der Waals surface area contributed by atoms with E-state index in [0.717, 1.165) is 26.4 Å². The van der Waals surface area contributed by atoms with Gasteiger partial charge >= 0.3 is 7.12 Å². The molecule has 0 saturated carbocycles. The van der Waals surface area contributed by atoms with Crippen LogP contribution < -0.4 is 5.46 Å². The number of benzene rings is 2. The molecule has 0 atom stereocenters. The third-order valence-electron chi connectivity index (χ3n) is 3.07. The molecule has 0 aliphatic carbocycles. The SMILES string of the molecule is Cc1ccc(-c2nc3ccc(Cl)cc3s2)c(B(O)O)c1. The number of fused-ring (bicyclic) bond motifs is 1. The summed E-state index contributed by atoms with van der Waals surface area (Å²) in [6, 6.07) is 11.1. The van der Waals surface area contributed by atoms with Crippen molar-refractivity contribution in [2.45, 2.75) is 6.92 Å². The first-order chi connectivity index (χ1) is 9.54. The molecule has 0 fully saturated rings. The van der Waals surface area contributed by atoms with Crippen molar-refractivity contribution in [3.63, 3.8) is 0 Å². The molecule has 0 amide bonds. The Labute approximate surface area is 125 Å². The molecule has 0 aliphatic rings. The van der Waals surface area contributed by atoms with E-state index in [1.54, 1.807) is 12.1 Å². The molecule has 0 bridgehead atoms. The fourth-order valence-corrected chi connectivity index (χ4v) is 3.39. The molecular weight excluding hydrogens is 292 g/mol. The first-order valence-corrected chi connectivity index (χ1v) is 7.27. The van der Waals surface area contributed by atoms with Crippen molar-refractivity contribution >= 4 is 45.7 Å². The van der Waals surface area contributed by atoms with E-state index in [-0.39, 0.29) is 0 Å². The second kappa shape index (κ2) is 5.18. The Kier molecular flexibility index (Phi) is 3.52. The molecule has 0 aliphatic heterocycles. The van der Waals surface area contributed by atoms with Crippen LogP contribution in [0.1, 0.15) is 5.56 Å². The third-order valence-corrected chi connectivity index (χ3v) is 4.35. The Morgan fingerprint density at radius 2 is 1.95 bits per heavy atom. The molecule has 0 unspecified atom stereocenters. The highest BCUT2D eigenvalue weighted by Crippen LogP contribution is 2.31. The Balaban J connectivity index is 2.20. The molecule has 3 nitrogen and oxygen atoms in total. The molecular formula is C14H11BClNO2S. The quantitative estimate of drug-likeness (QED) is 0.716. The Bertz CT molecular complexity index is 788. The van der Waals surface area contributed by atoms with E-state index >= 15 is 0 Å². The second-order valence-corrected chi connectivity index (χ2v) is 6.06. The Hall–Kier alpha value is -1.40. The van der Waals surface area contributed by atoms with Gasteiger partial charge in [0.25, 0.3) is 0 Å². The number of halogens is 1. The summed E-state index contributed by atoms with van der Waals surface area (Å²) in [5.41, 5.74) is 3.03. The van der Waals surface area contributed by atoms with Crippen LogP contribution in [0.25, 0.3) is 20.8 Å². The van der Waals surface area contributed by atoms with Crippen molar-refractivity contribution in [2.24, 2.45) is 0 Å². The zero-order valence-electron chi connectivity index (χ0n) is 10.7. The lowest BCUT2D eigenvalue weighted by molar-refractivity contribution is 0.426. The molecule has 6 heteroatoms. The summed E-state index contributed by atoms with van der Waals surface area (Å²) in [5.74, 6) is 0. The van der Waals surface area contributed by atoms with Gasteiger partial charge in [0, 0.05) is 10.6 Å². The van der Waals surface area contributed by atoms with Crippen LogP contribution in [-0.2, 0) is 0 Å². The van der Waals surface area contributed by atoms with E-state index in [9.17, 15) is 10.0 Å². The summed E-state index contributed by atoms with van der Waals surface area (Å²) in [5, 5.41) is 20.5. The second-order valence-electron chi connectivity index (χ2n) is 4.60. The van der Waals surface area contributed by atoms with Crippen molar-refractivity contribution < 1.29 is 10.0 Å². The van der Waals surface area contributed by atoms with Crippen molar-refractivity contribution in [3.05, 3.63) is 47.0 Å². The van der Waals surface area contributed by atoms with Crippen molar-refractivity contribution in [1.29, 1.82) is 0 Å². The van der Waals surface area contributed by atoms with Crippen molar-refractivity contribution in [2.75, 3.05) is 0 Å². The van der Waals surface area contributed by atoms with E-state index in [1.165, 1.54) is 11.3 Å². The third kappa shape index (κ3) is 2.45. The van der Waals surface area contributed by atoms with Crippen LogP contribution in [0.3, 0.4) is 0 Å². The number of hydrogen-bond acceptors (Lipinski definition) is 4. The number of nitrogens with zero attached hydrogens (tertiary/aromatic N) is 1. The van der Waals surface area contributed by atoms with Gasteiger partial charge in [0.2, 0.25) is 0 Å². The lowest BCUT2D eigenvalue weighted by Gasteiger charge is -2.07. The van der Waals surface area contributed by atoms with Crippen LogP contribution in [0.2, 0.25) is 5.02 Å². The zero-order chi connectivity index (χ0) is 14.3. The van der Waals surface area contributed by atoms with Crippen LogP contribution in [0.5, 0.6) is 0 Å².